The average molecular weight is 316 g/mol. The summed E-state index contributed by atoms with van der Waals surface area (Å²) in [5, 5.41) is 4.05. The second-order valence-electron chi connectivity index (χ2n) is 5.96. The lowest BCUT2D eigenvalue weighted by Crippen LogP contribution is -2.47. The van der Waals surface area contributed by atoms with Gasteiger partial charge in [-0.1, -0.05) is 18.2 Å². The summed E-state index contributed by atoms with van der Waals surface area (Å²) in [7, 11) is 2.05. The summed E-state index contributed by atoms with van der Waals surface area (Å²) >= 11 is 0. The molecule has 1 heterocycles. The van der Waals surface area contributed by atoms with Crippen LogP contribution in [-0.2, 0) is 4.79 Å². The summed E-state index contributed by atoms with van der Waals surface area (Å²) in [5.74, 6) is -0.195. The third-order valence-electron chi connectivity index (χ3n) is 4.00. The van der Waals surface area contributed by atoms with Gasteiger partial charge in [0.25, 0.3) is 5.91 Å². The van der Waals surface area contributed by atoms with Crippen molar-refractivity contribution in [1.29, 1.82) is 0 Å². The van der Waals surface area contributed by atoms with Crippen molar-refractivity contribution in [3.05, 3.63) is 35.4 Å². The van der Waals surface area contributed by atoms with Gasteiger partial charge in [0, 0.05) is 37.5 Å². The molecular formula is C17H24N4O2. The van der Waals surface area contributed by atoms with Crippen LogP contribution in [0.2, 0.25) is 0 Å². The first-order chi connectivity index (χ1) is 11.0. The first kappa shape index (κ1) is 17.1. The molecule has 1 N–H and O–H groups in total. The highest BCUT2D eigenvalue weighted by atomic mass is 16.2. The molecule has 0 spiro atoms. The number of hydrogen-bond donors (Lipinski definition) is 1. The second-order valence-corrected chi connectivity index (χ2v) is 5.96. The maximum atomic E-state index is 12.2. The van der Waals surface area contributed by atoms with Crippen LogP contribution in [-0.4, -0.2) is 60.6 Å². The molecule has 0 aromatic heterocycles. The van der Waals surface area contributed by atoms with Gasteiger partial charge in [-0.2, -0.15) is 5.10 Å². The molecule has 1 fully saturated rings. The Morgan fingerprint density at radius 3 is 2.48 bits per heavy atom. The van der Waals surface area contributed by atoms with Gasteiger partial charge < -0.3 is 9.80 Å². The molecule has 0 saturated carbocycles. The molecule has 1 saturated heterocycles. The minimum Gasteiger partial charge on any atom is -0.340 e. The summed E-state index contributed by atoms with van der Waals surface area (Å²) in [5.41, 5.74) is 4.62. The number of piperazine rings is 1. The summed E-state index contributed by atoms with van der Waals surface area (Å²) < 4.78 is 0. The number of aryl methyl sites for hydroxylation is 1. The zero-order valence-corrected chi connectivity index (χ0v) is 14.0. The van der Waals surface area contributed by atoms with Gasteiger partial charge >= 0.3 is 0 Å². The van der Waals surface area contributed by atoms with Gasteiger partial charge in [0.15, 0.2) is 0 Å². The van der Waals surface area contributed by atoms with Crippen LogP contribution >= 0.6 is 0 Å². The molecular weight excluding hydrogens is 292 g/mol. The van der Waals surface area contributed by atoms with E-state index >= 15 is 0 Å². The molecule has 0 radical (unpaired) electrons. The summed E-state index contributed by atoms with van der Waals surface area (Å²) in [6, 6.07) is 7.33. The topological polar surface area (TPSA) is 65.0 Å². The number of rotatable bonds is 4. The van der Waals surface area contributed by atoms with Crippen LogP contribution in [0.15, 0.2) is 29.4 Å². The van der Waals surface area contributed by atoms with Gasteiger partial charge in [-0.05, 0) is 32.5 Å². The van der Waals surface area contributed by atoms with E-state index in [4.69, 9.17) is 0 Å². The number of carbonyl (C=O) groups excluding carboxylic acids is 2. The lowest BCUT2D eigenvalue weighted by atomic mass is 10.1. The monoisotopic (exact) mass is 316 g/mol. The molecule has 23 heavy (non-hydrogen) atoms. The van der Waals surface area contributed by atoms with Crippen LogP contribution in [0.25, 0.3) is 0 Å². The smallest absolute Gasteiger partial charge is 0.271 e. The summed E-state index contributed by atoms with van der Waals surface area (Å²) in [4.78, 5) is 28.3. The molecule has 0 atom stereocenters. The first-order valence-corrected chi connectivity index (χ1v) is 7.83. The Balaban J connectivity index is 1.86. The third kappa shape index (κ3) is 4.89. The molecule has 2 rings (SSSR count). The molecule has 2 amide bonds. The van der Waals surface area contributed by atoms with Crippen LogP contribution in [0.4, 0.5) is 0 Å². The minimum absolute atomic E-state index is 0.0597. The molecule has 1 aromatic carbocycles. The van der Waals surface area contributed by atoms with Crippen molar-refractivity contribution in [2.75, 3.05) is 33.2 Å². The van der Waals surface area contributed by atoms with E-state index in [-0.39, 0.29) is 18.2 Å². The number of amides is 2. The zero-order chi connectivity index (χ0) is 16.8. The molecule has 0 unspecified atom stereocenters. The van der Waals surface area contributed by atoms with Crippen LogP contribution in [0.5, 0.6) is 0 Å². The van der Waals surface area contributed by atoms with E-state index in [1.165, 1.54) is 0 Å². The van der Waals surface area contributed by atoms with Crippen molar-refractivity contribution in [3.63, 3.8) is 0 Å². The molecule has 124 valence electrons. The molecule has 1 aromatic rings. The fourth-order valence-electron chi connectivity index (χ4n) is 2.46. The minimum atomic E-state index is -0.255. The van der Waals surface area contributed by atoms with E-state index in [9.17, 15) is 9.59 Å². The lowest BCUT2D eigenvalue weighted by Gasteiger charge is -2.32. The fraction of sp³-hybridized carbons (Fsp3) is 0.471. The highest BCUT2D eigenvalue weighted by Gasteiger charge is 2.19. The van der Waals surface area contributed by atoms with Gasteiger partial charge in [0.2, 0.25) is 5.91 Å². The highest BCUT2D eigenvalue weighted by Crippen LogP contribution is 2.07. The average Bonchev–Trinajstić information content (AvgIpc) is 2.53. The van der Waals surface area contributed by atoms with Crippen LogP contribution < -0.4 is 5.43 Å². The largest absolute Gasteiger partial charge is 0.340 e. The number of hydrogen-bond acceptors (Lipinski definition) is 4. The van der Waals surface area contributed by atoms with Crippen molar-refractivity contribution in [2.24, 2.45) is 5.10 Å². The van der Waals surface area contributed by atoms with Gasteiger partial charge in [-0.15, -0.1) is 0 Å². The zero-order valence-electron chi connectivity index (χ0n) is 14.0. The predicted molar refractivity (Wildman–Crippen MR) is 90.4 cm³/mol. The van der Waals surface area contributed by atoms with Crippen LogP contribution in [0, 0.1) is 6.92 Å². The number of carbonyl (C=O) groups is 2. The Labute approximate surface area is 137 Å². The standard InChI is InChI=1S/C17H24N4O2/c1-13-6-4-5-7-15(13)17(23)19-18-14(2)12-16(22)21-10-8-20(3)9-11-21/h4-7H,8-12H2,1-3H3,(H,19,23)/b18-14+. The van der Waals surface area contributed by atoms with E-state index in [0.717, 1.165) is 31.7 Å². The molecule has 0 bridgehead atoms. The molecule has 1 aliphatic heterocycles. The van der Waals surface area contributed by atoms with E-state index in [1.807, 2.05) is 30.0 Å². The van der Waals surface area contributed by atoms with Gasteiger partial charge in [-0.3, -0.25) is 9.59 Å². The van der Waals surface area contributed by atoms with Crippen LogP contribution in [0.1, 0.15) is 29.3 Å². The van der Waals surface area contributed by atoms with Crippen molar-refractivity contribution in [2.45, 2.75) is 20.3 Å². The fourth-order valence-corrected chi connectivity index (χ4v) is 2.46. The Morgan fingerprint density at radius 1 is 1.17 bits per heavy atom. The highest BCUT2D eigenvalue weighted by molar-refractivity contribution is 6.01. The van der Waals surface area contributed by atoms with Crippen molar-refractivity contribution < 1.29 is 9.59 Å². The Morgan fingerprint density at radius 2 is 1.83 bits per heavy atom. The number of likely N-dealkylation sites (N-methyl/N-ethyl adjacent to an activating group) is 1. The van der Waals surface area contributed by atoms with Crippen molar-refractivity contribution in [1.82, 2.24) is 15.2 Å². The number of hydrazone groups is 1. The predicted octanol–water partition coefficient (Wildman–Crippen LogP) is 1.26. The second kappa shape index (κ2) is 7.87. The number of benzene rings is 1. The van der Waals surface area contributed by atoms with Crippen LogP contribution in [0.3, 0.4) is 0 Å². The normalized spacial score (nSPS) is 16.3. The van der Waals surface area contributed by atoms with E-state index in [0.29, 0.717) is 11.3 Å². The quantitative estimate of drug-likeness (QED) is 0.672. The Kier molecular flexibility index (Phi) is 5.87. The van der Waals surface area contributed by atoms with Crippen molar-refractivity contribution >= 4 is 17.5 Å². The Bertz CT molecular complexity index is 604. The molecule has 6 nitrogen and oxygen atoms in total. The van der Waals surface area contributed by atoms with E-state index < -0.39 is 0 Å². The van der Waals surface area contributed by atoms with Crippen molar-refractivity contribution in [3.8, 4) is 0 Å². The maximum Gasteiger partial charge on any atom is 0.271 e. The SMILES string of the molecule is C/C(CC(=O)N1CCN(C)CC1)=N\NC(=O)c1ccccc1C. The first-order valence-electron chi connectivity index (χ1n) is 7.83. The number of nitrogens with zero attached hydrogens (tertiary/aromatic N) is 3. The molecule has 6 heteroatoms. The van der Waals surface area contributed by atoms with Gasteiger partial charge in [0.1, 0.15) is 0 Å². The summed E-state index contributed by atoms with van der Waals surface area (Å²) in [6.07, 6.45) is 0.234. The molecule has 0 aliphatic carbocycles. The van der Waals surface area contributed by atoms with Gasteiger partial charge in [0.05, 0.1) is 6.42 Å². The molecule has 1 aliphatic rings. The summed E-state index contributed by atoms with van der Waals surface area (Å²) in [6.45, 7) is 6.92. The third-order valence-corrected chi connectivity index (χ3v) is 4.00. The lowest BCUT2D eigenvalue weighted by molar-refractivity contribution is -0.131. The number of nitrogens with one attached hydrogen (secondary N) is 1. The Hall–Kier alpha value is -2.21. The van der Waals surface area contributed by atoms with E-state index in [1.54, 1.807) is 13.0 Å². The maximum absolute atomic E-state index is 12.2. The van der Waals surface area contributed by atoms with Gasteiger partial charge in [-0.25, -0.2) is 5.43 Å². The van der Waals surface area contributed by atoms with E-state index in [2.05, 4.69) is 22.5 Å².